The Hall–Kier alpha value is -1.10. The summed E-state index contributed by atoms with van der Waals surface area (Å²) in [5.41, 5.74) is 0.737. The van der Waals surface area contributed by atoms with Gasteiger partial charge in [0.2, 0.25) is 5.91 Å². The Morgan fingerprint density at radius 1 is 1.30 bits per heavy atom. The zero-order valence-corrected chi connectivity index (χ0v) is 12.5. The van der Waals surface area contributed by atoms with Crippen molar-refractivity contribution >= 4 is 23.2 Å². The Kier molecular flexibility index (Phi) is 6.30. The molecule has 1 aromatic carbocycles. The van der Waals surface area contributed by atoms with Gasteiger partial charge in [-0.05, 0) is 63.6 Å². The van der Waals surface area contributed by atoms with Gasteiger partial charge < -0.3 is 15.5 Å². The van der Waals surface area contributed by atoms with Gasteiger partial charge in [0.25, 0.3) is 0 Å². The lowest BCUT2D eigenvalue weighted by Gasteiger charge is -2.14. The smallest absolute Gasteiger partial charge is 0.238 e. The number of halogens is 1. The zero-order chi connectivity index (χ0) is 14.2. The molecule has 0 aliphatic carbocycles. The van der Waals surface area contributed by atoms with Crippen molar-refractivity contribution in [3.8, 4) is 0 Å². The molecule has 0 saturated carbocycles. The second kappa shape index (κ2) is 8.25. The van der Waals surface area contributed by atoms with Crippen LogP contribution in [0.15, 0.2) is 24.3 Å². The second-order valence-electron chi connectivity index (χ2n) is 5.14. The monoisotopic (exact) mass is 295 g/mol. The summed E-state index contributed by atoms with van der Waals surface area (Å²) >= 11 is 5.86. The van der Waals surface area contributed by atoms with Crippen LogP contribution in [-0.4, -0.2) is 43.5 Å². The number of amides is 1. The quantitative estimate of drug-likeness (QED) is 0.759. The molecule has 1 saturated heterocycles. The molecule has 1 aliphatic heterocycles. The van der Waals surface area contributed by atoms with E-state index in [1.54, 1.807) is 12.1 Å². The fraction of sp³-hybridized carbons (Fsp3) is 0.533. The molecular weight excluding hydrogens is 274 g/mol. The van der Waals surface area contributed by atoms with Gasteiger partial charge in [0.1, 0.15) is 0 Å². The molecule has 1 aliphatic rings. The number of hydrogen-bond donors (Lipinski definition) is 2. The highest BCUT2D eigenvalue weighted by atomic mass is 35.5. The molecule has 0 unspecified atom stereocenters. The summed E-state index contributed by atoms with van der Waals surface area (Å²) in [6, 6.07) is 7.18. The topological polar surface area (TPSA) is 44.4 Å². The highest BCUT2D eigenvalue weighted by Gasteiger charge is 2.10. The number of nitrogens with zero attached hydrogens (tertiary/aromatic N) is 1. The van der Waals surface area contributed by atoms with E-state index in [-0.39, 0.29) is 5.91 Å². The van der Waals surface area contributed by atoms with Gasteiger partial charge in [-0.15, -0.1) is 0 Å². The van der Waals surface area contributed by atoms with Gasteiger partial charge in [-0.3, -0.25) is 4.79 Å². The lowest BCUT2D eigenvalue weighted by atomic mass is 10.3. The number of likely N-dealkylation sites (tertiary alicyclic amines) is 1. The van der Waals surface area contributed by atoms with Crippen LogP contribution in [0.3, 0.4) is 0 Å². The summed E-state index contributed by atoms with van der Waals surface area (Å²) in [5, 5.41) is 6.62. The molecular formula is C15H22ClN3O. The average Bonchev–Trinajstić information content (AvgIpc) is 2.91. The number of anilines is 1. The Bertz CT molecular complexity index is 433. The van der Waals surface area contributed by atoms with Crippen LogP contribution in [0, 0.1) is 0 Å². The zero-order valence-electron chi connectivity index (χ0n) is 11.7. The molecule has 0 radical (unpaired) electrons. The van der Waals surface area contributed by atoms with E-state index in [9.17, 15) is 4.79 Å². The molecule has 1 aromatic rings. The van der Waals surface area contributed by atoms with Crippen molar-refractivity contribution in [2.24, 2.45) is 0 Å². The van der Waals surface area contributed by atoms with E-state index in [1.807, 2.05) is 12.1 Å². The predicted octanol–water partition coefficient (Wildman–Crippen LogP) is 2.35. The molecule has 1 fully saturated rings. The van der Waals surface area contributed by atoms with Crippen molar-refractivity contribution < 1.29 is 4.79 Å². The molecule has 4 nitrogen and oxygen atoms in total. The summed E-state index contributed by atoms with van der Waals surface area (Å²) in [7, 11) is 0. The van der Waals surface area contributed by atoms with Crippen LogP contribution in [0.4, 0.5) is 5.69 Å². The van der Waals surface area contributed by atoms with Gasteiger partial charge in [0, 0.05) is 10.7 Å². The van der Waals surface area contributed by atoms with Crippen molar-refractivity contribution in [3.05, 3.63) is 29.3 Å². The average molecular weight is 296 g/mol. The first kappa shape index (κ1) is 15.3. The van der Waals surface area contributed by atoms with Crippen LogP contribution in [-0.2, 0) is 4.79 Å². The number of nitrogens with one attached hydrogen (secondary N) is 2. The van der Waals surface area contributed by atoms with Crippen LogP contribution in [0.2, 0.25) is 5.02 Å². The molecule has 0 spiro atoms. The van der Waals surface area contributed by atoms with E-state index in [0.29, 0.717) is 11.6 Å². The first-order valence-corrected chi connectivity index (χ1v) is 7.60. The van der Waals surface area contributed by atoms with E-state index in [2.05, 4.69) is 15.5 Å². The third kappa shape index (κ3) is 5.49. The largest absolute Gasteiger partial charge is 0.325 e. The van der Waals surface area contributed by atoms with E-state index >= 15 is 0 Å². The second-order valence-corrected chi connectivity index (χ2v) is 5.57. The van der Waals surface area contributed by atoms with E-state index in [4.69, 9.17) is 11.6 Å². The third-order valence-corrected chi connectivity index (χ3v) is 3.66. The van der Waals surface area contributed by atoms with Crippen molar-refractivity contribution in [2.45, 2.75) is 19.3 Å². The SMILES string of the molecule is O=C(CNCCCN1CCCC1)Nc1cccc(Cl)c1. The van der Waals surface area contributed by atoms with E-state index < -0.39 is 0 Å². The fourth-order valence-electron chi connectivity index (χ4n) is 2.41. The lowest BCUT2D eigenvalue weighted by molar-refractivity contribution is -0.115. The summed E-state index contributed by atoms with van der Waals surface area (Å²) in [5.74, 6) is -0.0339. The highest BCUT2D eigenvalue weighted by molar-refractivity contribution is 6.30. The van der Waals surface area contributed by atoms with Crippen molar-refractivity contribution in [1.29, 1.82) is 0 Å². The van der Waals surface area contributed by atoms with E-state index in [1.165, 1.54) is 25.9 Å². The predicted molar refractivity (Wildman–Crippen MR) is 83.2 cm³/mol. The molecule has 110 valence electrons. The van der Waals surface area contributed by atoms with Gasteiger partial charge in [-0.2, -0.15) is 0 Å². The van der Waals surface area contributed by atoms with Crippen LogP contribution >= 0.6 is 11.6 Å². The van der Waals surface area contributed by atoms with Crippen molar-refractivity contribution in [3.63, 3.8) is 0 Å². The van der Waals surface area contributed by atoms with Crippen LogP contribution in [0.1, 0.15) is 19.3 Å². The Morgan fingerprint density at radius 2 is 2.10 bits per heavy atom. The molecule has 0 aromatic heterocycles. The first-order chi connectivity index (χ1) is 9.74. The van der Waals surface area contributed by atoms with E-state index in [0.717, 1.165) is 25.2 Å². The fourth-order valence-corrected chi connectivity index (χ4v) is 2.60. The van der Waals surface area contributed by atoms with Gasteiger partial charge in [0.15, 0.2) is 0 Å². The summed E-state index contributed by atoms with van der Waals surface area (Å²) < 4.78 is 0. The summed E-state index contributed by atoms with van der Waals surface area (Å²) in [4.78, 5) is 14.2. The lowest BCUT2D eigenvalue weighted by Crippen LogP contribution is -2.30. The molecule has 2 rings (SSSR count). The molecule has 20 heavy (non-hydrogen) atoms. The minimum absolute atomic E-state index is 0.0339. The minimum Gasteiger partial charge on any atom is -0.325 e. The van der Waals surface area contributed by atoms with Crippen LogP contribution in [0.25, 0.3) is 0 Å². The van der Waals surface area contributed by atoms with Gasteiger partial charge in [0.05, 0.1) is 6.54 Å². The molecule has 0 bridgehead atoms. The first-order valence-electron chi connectivity index (χ1n) is 7.22. The number of rotatable bonds is 7. The summed E-state index contributed by atoms with van der Waals surface area (Å²) in [6.07, 6.45) is 3.75. The number of benzene rings is 1. The molecule has 1 amide bonds. The van der Waals surface area contributed by atoms with Gasteiger partial charge in [-0.25, -0.2) is 0 Å². The van der Waals surface area contributed by atoms with Crippen LogP contribution in [0.5, 0.6) is 0 Å². The van der Waals surface area contributed by atoms with Gasteiger partial charge in [-0.1, -0.05) is 17.7 Å². The van der Waals surface area contributed by atoms with Crippen molar-refractivity contribution in [1.82, 2.24) is 10.2 Å². The minimum atomic E-state index is -0.0339. The molecule has 0 atom stereocenters. The Labute approximate surface area is 125 Å². The Balaban J connectivity index is 1.55. The Morgan fingerprint density at radius 3 is 2.85 bits per heavy atom. The maximum atomic E-state index is 11.7. The summed E-state index contributed by atoms with van der Waals surface area (Å²) in [6.45, 7) is 4.80. The number of carbonyl (C=O) groups excluding carboxylic acids is 1. The maximum Gasteiger partial charge on any atom is 0.238 e. The third-order valence-electron chi connectivity index (χ3n) is 3.42. The molecule has 1 heterocycles. The molecule has 5 heteroatoms. The highest BCUT2D eigenvalue weighted by Crippen LogP contribution is 2.14. The number of hydrogen-bond acceptors (Lipinski definition) is 3. The van der Waals surface area contributed by atoms with Gasteiger partial charge >= 0.3 is 0 Å². The number of carbonyl (C=O) groups is 1. The molecule has 2 N–H and O–H groups in total. The van der Waals surface area contributed by atoms with Crippen LogP contribution < -0.4 is 10.6 Å². The standard InChI is InChI=1S/C15H22ClN3O/c16-13-5-3-6-14(11-13)18-15(20)12-17-7-4-10-19-8-1-2-9-19/h3,5-6,11,17H,1-2,4,7-10,12H2,(H,18,20). The maximum absolute atomic E-state index is 11.7. The normalized spacial score (nSPS) is 15.4. The van der Waals surface area contributed by atoms with Crippen molar-refractivity contribution in [2.75, 3.05) is 38.0 Å².